The van der Waals surface area contributed by atoms with Crippen molar-refractivity contribution in [3.63, 3.8) is 0 Å². The predicted molar refractivity (Wildman–Crippen MR) is 103 cm³/mol. The molecule has 132 valence electrons. The molecule has 1 saturated heterocycles. The van der Waals surface area contributed by atoms with Gasteiger partial charge in [-0.05, 0) is 62.1 Å². The molecule has 3 rings (SSSR count). The van der Waals surface area contributed by atoms with Gasteiger partial charge < -0.3 is 10.2 Å². The summed E-state index contributed by atoms with van der Waals surface area (Å²) in [6.07, 6.45) is 4.24. The number of amides is 2. The van der Waals surface area contributed by atoms with E-state index in [1.807, 2.05) is 11.0 Å². The molecule has 1 fully saturated rings. The molecule has 0 bridgehead atoms. The molecule has 4 nitrogen and oxygen atoms in total. The van der Waals surface area contributed by atoms with E-state index in [2.05, 4.69) is 19.2 Å². The molecule has 2 aromatic rings. The van der Waals surface area contributed by atoms with Crippen molar-refractivity contribution < 1.29 is 9.59 Å². The van der Waals surface area contributed by atoms with Crippen LogP contribution >= 0.6 is 11.3 Å². The average molecular weight is 356 g/mol. The lowest BCUT2D eigenvalue weighted by Gasteiger charge is -2.15. The number of anilines is 1. The first-order chi connectivity index (χ1) is 12.1. The molecule has 2 heterocycles. The van der Waals surface area contributed by atoms with Crippen LogP contribution in [0.2, 0.25) is 0 Å². The third-order valence-corrected chi connectivity index (χ3v) is 5.64. The third kappa shape index (κ3) is 4.10. The van der Waals surface area contributed by atoms with Crippen LogP contribution in [0.5, 0.6) is 0 Å². The topological polar surface area (TPSA) is 49.4 Å². The number of aryl methyl sites for hydroxylation is 2. The summed E-state index contributed by atoms with van der Waals surface area (Å²) in [4.78, 5) is 28.6. The first-order valence-corrected chi connectivity index (χ1v) is 9.70. The van der Waals surface area contributed by atoms with E-state index < -0.39 is 0 Å². The van der Waals surface area contributed by atoms with Crippen molar-refractivity contribution in [3.05, 3.63) is 51.2 Å². The molecule has 2 amide bonds. The smallest absolute Gasteiger partial charge is 0.265 e. The van der Waals surface area contributed by atoms with E-state index in [9.17, 15) is 9.59 Å². The fraction of sp³-hybridized carbons (Fsp3) is 0.400. The van der Waals surface area contributed by atoms with E-state index in [1.54, 1.807) is 24.3 Å². The van der Waals surface area contributed by atoms with Gasteiger partial charge in [-0.2, -0.15) is 0 Å². The Morgan fingerprint density at radius 1 is 1.16 bits per heavy atom. The summed E-state index contributed by atoms with van der Waals surface area (Å²) in [5.74, 6) is -0.0115. The first-order valence-electron chi connectivity index (χ1n) is 8.88. The van der Waals surface area contributed by atoms with E-state index in [-0.39, 0.29) is 11.8 Å². The number of thiophene rings is 1. The summed E-state index contributed by atoms with van der Waals surface area (Å²) in [6.45, 7) is 5.89. The monoisotopic (exact) mass is 356 g/mol. The van der Waals surface area contributed by atoms with E-state index in [1.165, 1.54) is 21.8 Å². The van der Waals surface area contributed by atoms with E-state index >= 15 is 0 Å². The Kier molecular flexibility index (Phi) is 5.53. The lowest BCUT2D eigenvalue weighted by Crippen LogP contribution is -2.27. The van der Waals surface area contributed by atoms with E-state index in [0.717, 1.165) is 43.6 Å². The van der Waals surface area contributed by atoms with Crippen LogP contribution in [0.1, 0.15) is 56.7 Å². The van der Waals surface area contributed by atoms with Gasteiger partial charge in [0.25, 0.3) is 11.8 Å². The third-order valence-electron chi connectivity index (χ3n) is 4.55. The molecule has 0 unspecified atom stereocenters. The van der Waals surface area contributed by atoms with Crippen LogP contribution < -0.4 is 5.32 Å². The average Bonchev–Trinajstić information content (AvgIpc) is 3.26. The minimum atomic E-state index is -0.0888. The maximum Gasteiger partial charge on any atom is 0.265 e. The number of nitrogens with zero attached hydrogens (tertiary/aromatic N) is 1. The molecule has 1 aromatic carbocycles. The molecule has 0 atom stereocenters. The van der Waals surface area contributed by atoms with Crippen LogP contribution in [0.25, 0.3) is 0 Å². The van der Waals surface area contributed by atoms with Crippen molar-refractivity contribution in [1.82, 2.24) is 4.90 Å². The molecular weight excluding hydrogens is 332 g/mol. The van der Waals surface area contributed by atoms with Crippen molar-refractivity contribution in [1.29, 1.82) is 0 Å². The molecule has 5 heteroatoms. The van der Waals surface area contributed by atoms with Crippen LogP contribution in [0.3, 0.4) is 0 Å². The van der Waals surface area contributed by atoms with Gasteiger partial charge in [0.1, 0.15) is 0 Å². The molecule has 1 aliphatic rings. The largest absolute Gasteiger partial charge is 0.339 e. The van der Waals surface area contributed by atoms with Gasteiger partial charge in [-0.25, -0.2) is 0 Å². The number of likely N-dealkylation sites (tertiary alicyclic amines) is 1. The highest BCUT2D eigenvalue weighted by molar-refractivity contribution is 7.14. The van der Waals surface area contributed by atoms with Gasteiger partial charge in [-0.3, -0.25) is 9.59 Å². The fourth-order valence-electron chi connectivity index (χ4n) is 3.14. The van der Waals surface area contributed by atoms with Crippen molar-refractivity contribution in [2.75, 3.05) is 18.4 Å². The van der Waals surface area contributed by atoms with Gasteiger partial charge in [0, 0.05) is 29.2 Å². The SMILES string of the molecule is CCCc1cc(C(=O)Nc2ccc(C(=O)N3CCCC3)cc2)sc1C. The number of hydrogen-bond acceptors (Lipinski definition) is 3. The molecular formula is C20H24N2O2S. The summed E-state index contributed by atoms with van der Waals surface area (Å²) in [6, 6.07) is 9.17. The normalized spacial score (nSPS) is 13.9. The van der Waals surface area contributed by atoms with Crippen molar-refractivity contribution in [3.8, 4) is 0 Å². The molecule has 0 spiro atoms. The van der Waals surface area contributed by atoms with Crippen molar-refractivity contribution in [2.45, 2.75) is 39.5 Å². The lowest BCUT2D eigenvalue weighted by atomic mass is 10.1. The van der Waals surface area contributed by atoms with Gasteiger partial charge in [-0.15, -0.1) is 11.3 Å². The highest BCUT2D eigenvalue weighted by Gasteiger charge is 2.19. The standard InChI is InChI=1S/C20H24N2O2S/c1-3-6-16-13-18(25-14(16)2)19(23)21-17-9-7-15(8-10-17)20(24)22-11-4-5-12-22/h7-10,13H,3-6,11-12H2,1-2H3,(H,21,23). The summed E-state index contributed by atoms with van der Waals surface area (Å²) in [5.41, 5.74) is 2.65. The van der Waals surface area contributed by atoms with E-state index in [4.69, 9.17) is 0 Å². The lowest BCUT2D eigenvalue weighted by molar-refractivity contribution is 0.0792. The summed E-state index contributed by atoms with van der Waals surface area (Å²) in [5, 5.41) is 2.92. The Bertz CT molecular complexity index is 759. The second-order valence-electron chi connectivity index (χ2n) is 6.47. The van der Waals surface area contributed by atoms with Crippen molar-refractivity contribution in [2.24, 2.45) is 0 Å². The van der Waals surface area contributed by atoms with Crippen LogP contribution in [-0.4, -0.2) is 29.8 Å². The van der Waals surface area contributed by atoms with E-state index in [0.29, 0.717) is 11.3 Å². The highest BCUT2D eigenvalue weighted by atomic mass is 32.1. The Morgan fingerprint density at radius 3 is 2.48 bits per heavy atom. The number of benzene rings is 1. The van der Waals surface area contributed by atoms with Gasteiger partial charge >= 0.3 is 0 Å². The van der Waals surface area contributed by atoms with Gasteiger partial charge in [0.2, 0.25) is 0 Å². The minimum absolute atomic E-state index is 0.0773. The molecule has 0 radical (unpaired) electrons. The Balaban J connectivity index is 1.65. The number of rotatable bonds is 5. The highest BCUT2D eigenvalue weighted by Crippen LogP contribution is 2.24. The predicted octanol–water partition coefficient (Wildman–Crippen LogP) is 4.50. The quantitative estimate of drug-likeness (QED) is 0.858. The molecule has 25 heavy (non-hydrogen) atoms. The second kappa shape index (κ2) is 7.83. The Hall–Kier alpha value is -2.14. The van der Waals surface area contributed by atoms with Crippen molar-refractivity contribution >= 4 is 28.8 Å². The number of carbonyl (C=O) groups excluding carboxylic acids is 2. The molecule has 0 aliphatic carbocycles. The molecule has 1 N–H and O–H groups in total. The Morgan fingerprint density at radius 2 is 1.84 bits per heavy atom. The second-order valence-corrected chi connectivity index (χ2v) is 7.73. The molecule has 0 saturated carbocycles. The summed E-state index contributed by atoms with van der Waals surface area (Å²) in [7, 11) is 0. The zero-order chi connectivity index (χ0) is 17.8. The van der Waals surface area contributed by atoms with Gasteiger partial charge in [-0.1, -0.05) is 13.3 Å². The number of nitrogens with one attached hydrogen (secondary N) is 1. The number of carbonyl (C=O) groups is 2. The minimum Gasteiger partial charge on any atom is -0.339 e. The Labute approximate surface area is 152 Å². The zero-order valence-corrected chi connectivity index (χ0v) is 15.6. The summed E-state index contributed by atoms with van der Waals surface area (Å²) < 4.78 is 0. The van der Waals surface area contributed by atoms with Gasteiger partial charge in [0.15, 0.2) is 0 Å². The number of hydrogen-bond donors (Lipinski definition) is 1. The zero-order valence-electron chi connectivity index (χ0n) is 14.8. The molecule has 1 aromatic heterocycles. The maximum atomic E-state index is 12.4. The first kappa shape index (κ1) is 17.7. The van der Waals surface area contributed by atoms with Crippen LogP contribution in [0, 0.1) is 6.92 Å². The van der Waals surface area contributed by atoms with Crippen LogP contribution in [-0.2, 0) is 6.42 Å². The van der Waals surface area contributed by atoms with Gasteiger partial charge in [0.05, 0.1) is 4.88 Å². The van der Waals surface area contributed by atoms with Crippen LogP contribution in [0.15, 0.2) is 30.3 Å². The van der Waals surface area contributed by atoms with Crippen LogP contribution in [0.4, 0.5) is 5.69 Å². The summed E-state index contributed by atoms with van der Waals surface area (Å²) >= 11 is 1.53. The fourth-order valence-corrected chi connectivity index (χ4v) is 4.11. The molecule has 1 aliphatic heterocycles. The maximum absolute atomic E-state index is 12.4.